The van der Waals surface area contributed by atoms with E-state index in [0.29, 0.717) is 18.9 Å². The van der Waals surface area contributed by atoms with Crippen LogP contribution in [-0.2, 0) is 14.3 Å². The zero-order chi connectivity index (χ0) is 10.4. The van der Waals surface area contributed by atoms with E-state index in [-0.39, 0.29) is 18.4 Å². The van der Waals surface area contributed by atoms with Crippen molar-refractivity contribution >= 4 is 11.9 Å². The number of esters is 1. The number of nitrogens with one attached hydrogen (secondary N) is 2. The van der Waals surface area contributed by atoms with Crippen molar-refractivity contribution in [2.75, 3.05) is 26.2 Å². The molecule has 1 saturated heterocycles. The van der Waals surface area contributed by atoms with Crippen LogP contribution >= 0.6 is 0 Å². The number of hydrogen-bond donors (Lipinski definition) is 2. The second-order valence-electron chi connectivity index (χ2n) is 3.31. The minimum absolute atomic E-state index is 0.0210. The molecule has 0 radical (unpaired) electrons. The number of ether oxygens (including phenoxy) is 1. The van der Waals surface area contributed by atoms with Crippen molar-refractivity contribution < 1.29 is 14.3 Å². The second-order valence-corrected chi connectivity index (χ2v) is 3.31. The molecule has 5 heteroatoms. The molecule has 1 rings (SSSR count). The smallest absolute Gasteiger partial charge is 0.325 e. The first-order valence-corrected chi connectivity index (χ1v) is 4.85. The summed E-state index contributed by atoms with van der Waals surface area (Å²) in [5, 5.41) is 5.61. The Morgan fingerprint density at radius 2 is 2.21 bits per heavy atom. The van der Waals surface area contributed by atoms with Crippen molar-refractivity contribution in [3.63, 3.8) is 0 Å². The molecule has 0 atom stereocenters. The van der Waals surface area contributed by atoms with Crippen LogP contribution in [0.5, 0.6) is 0 Å². The molecule has 0 aromatic heterocycles. The zero-order valence-electron chi connectivity index (χ0n) is 8.34. The number of carbonyl (C=O) groups excluding carboxylic acids is 2. The van der Waals surface area contributed by atoms with Crippen LogP contribution in [0.2, 0.25) is 0 Å². The third-order valence-corrected chi connectivity index (χ3v) is 2.08. The van der Waals surface area contributed by atoms with Gasteiger partial charge in [0.05, 0.1) is 6.61 Å². The fourth-order valence-electron chi connectivity index (χ4n) is 1.21. The Balaban J connectivity index is 2.04. The zero-order valence-corrected chi connectivity index (χ0v) is 8.34. The molecule has 1 amide bonds. The van der Waals surface area contributed by atoms with Crippen LogP contribution in [0.4, 0.5) is 0 Å². The Kier molecular flexibility index (Phi) is 4.39. The van der Waals surface area contributed by atoms with Gasteiger partial charge in [-0.15, -0.1) is 0 Å². The first-order chi connectivity index (χ1) is 6.72. The van der Waals surface area contributed by atoms with Crippen molar-refractivity contribution in [1.82, 2.24) is 10.6 Å². The first-order valence-electron chi connectivity index (χ1n) is 4.85. The second kappa shape index (κ2) is 5.59. The molecule has 14 heavy (non-hydrogen) atoms. The van der Waals surface area contributed by atoms with E-state index in [0.717, 1.165) is 13.1 Å². The van der Waals surface area contributed by atoms with Crippen molar-refractivity contribution in [3.05, 3.63) is 0 Å². The molecule has 0 bridgehead atoms. The predicted octanol–water partition coefficient (Wildman–Crippen LogP) is -0.725. The normalized spacial score (nSPS) is 15.8. The van der Waals surface area contributed by atoms with E-state index in [4.69, 9.17) is 0 Å². The summed E-state index contributed by atoms with van der Waals surface area (Å²) < 4.78 is 4.67. The Morgan fingerprint density at radius 1 is 1.50 bits per heavy atom. The Bertz CT molecular complexity index is 214. The van der Waals surface area contributed by atoms with E-state index in [1.807, 2.05) is 0 Å². The Labute approximate surface area is 83.2 Å². The van der Waals surface area contributed by atoms with Crippen LogP contribution in [-0.4, -0.2) is 38.1 Å². The Morgan fingerprint density at radius 3 is 2.71 bits per heavy atom. The molecule has 0 aliphatic carbocycles. The summed E-state index contributed by atoms with van der Waals surface area (Å²) in [7, 11) is 0. The summed E-state index contributed by atoms with van der Waals surface area (Å²) in [5.74, 6) is -0.0330. The van der Waals surface area contributed by atoms with Gasteiger partial charge in [-0.1, -0.05) is 0 Å². The lowest BCUT2D eigenvalue weighted by atomic mass is 9.99. The first kappa shape index (κ1) is 11.0. The molecule has 5 nitrogen and oxygen atoms in total. The molecule has 0 saturated carbocycles. The van der Waals surface area contributed by atoms with E-state index in [1.165, 1.54) is 0 Å². The van der Waals surface area contributed by atoms with Gasteiger partial charge in [0.2, 0.25) is 5.91 Å². The molecule has 1 aliphatic heterocycles. The molecular formula is C9H16N2O3. The van der Waals surface area contributed by atoms with Gasteiger partial charge in [0.1, 0.15) is 6.54 Å². The van der Waals surface area contributed by atoms with Crippen molar-refractivity contribution in [3.8, 4) is 0 Å². The minimum atomic E-state index is -0.382. The SMILES string of the molecule is CCOC(=O)CNC(=O)CC1CNC1. The van der Waals surface area contributed by atoms with Gasteiger partial charge in [-0.05, 0) is 25.9 Å². The maximum absolute atomic E-state index is 11.2. The highest BCUT2D eigenvalue weighted by molar-refractivity contribution is 5.82. The van der Waals surface area contributed by atoms with Gasteiger partial charge in [-0.2, -0.15) is 0 Å². The third-order valence-electron chi connectivity index (χ3n) is 2.08. The standard InChI is InChI=1S/C9H16N2O3/c1-2-14-9(13)6-11-8(12)3-7-4-10-5-7/h7,10H,2-6H2,1H3,(H,11,12). The van der Waals surface area contributed by atoms with E-state index in [9.17, 15) is 9.59 Å². The fourth-order valence-corrected chi connectivity index (χ4v) is 1.21. The van der Waals surface area contributed by atoms with Gasteiger partial charge in [0.25, 0.3) is 0 Å². The maximum atomic E-state index is 11.2. The number of rotatable bonds is 5. The molecule has 0 spiro atoms. The number of hydrogen-bond acceptors (Lipinski definition) is 4. The van der Waals surface area contributed by atoms with Crippen LogP contribution < -0.4 is 10.6 Å². The quantitative estimate of drug-likeness (QED) is 0.574. The highest BCUT2D eigenvalue weighted by Crippen LogP contribution is 2.07. The molecule has 0 unspecified atom stereocenters. The summed E-state index contributed by atoms with van der Waals surface area (Å²) in [4.78, 5) is 22.1. The topological polar surface area (TPSA) is 67.4 Å². The van der Waals surface area contributed by atoms with E-state index < -0.39 is 0 Å². The summed E-state index contributed by atoms with van der Waals surface area (Å²) in [6.45, 7) is 3.85. The molecule has 1 aliphatic rings. The maximum Gasteiger partial charge on any atom is 0.325 e. The van der Waals surface area contributed by atoms with Crippen LogP contribution in [0.3, 0.4) is 0 Å². The van der Waals surface area contributed by atoms with Gasteiger partial charge < -0.3 is 15.4 Å². The summed E-state index contributed by atoms with van der Waals surface area (Å²) in [6.07, 6.45) is 0.492. The lowest BCUT2D eigenvalue weighted by molar-refractivity contribution is -0.143. The molecule has 1 fully saturated rings. The van der Waals surface area contributed by atoms with Crippen LogP contribution in [0.1, 0.15) is 13.3 Å². The van der Waals surface area contributed by atoms with Gasteiger partial charge in [-0.25, -0.2) is 0 Å². The van der Waals surface area contributed by atoms with Crippen LogP contribution in [0.25, 0.3) is 0 Å². The van der Waals surface area contributed by atoms with E-state index >= 15 is 0 Å². The third kappa shape index (κ3) is 3.74. The highest BCUT2D eigenvalue weighted by Gasteiger charge is 2.20. The molecule has 0 aromatic rings. The molecule has 0 aromatic carbocycles. The summed E-state index contributed by atoms with van der Waals surface area (Å²) in [5.41, 5.74) is 0. The van der Waals surface area contributed by atoms with Gasteiger partial charge >= 0.3 is 5.97 Å². The summed E-state index contributed by atoms with van der Waals surface area (Å²) in [6, 6.07) is 0. The van der Waals surface area contributed by atoms with E-state index in [2.05, 4.69) is 15.4 Å². The van der Waals surface area contributed by atoms with Crippen LogP contribution in [0.15, 0.2) is 0 Å². The van der Waals surface area contributed by atoms with Crippen molar-refractivity contribution in [2.45, 2.75) is 13.3 Å². The van der Waals surface area contributed by atoms with Gasteiger partial charge in [0.15, 0.2) is 0 Å². The van der Waals surface area contributed by atoms with Gasteiger partial charge in [0, 0.05) is 6.42 Å². The average Bonchev–Trinajstić information content (AvgIpc) is 2.09. The molecule has 2 N–H and O–H groups in total. The lowest BCUT2D eigenvalue weighted by Crippen LogP contribution is -2.45. The molecule has 1 heterocycles. The Hall–Kier alpha value is -1.10. The van der Waals surface area contributed by atoms with E-state index in [1.54, 1.807) is 6.92 Å². The summed E-state index contributed by atoms with van der Waals surface area (Å²) >= 11 is 0. The van der Waals surface area contributed by atoms with Gasteiger partial charge in [-0.3, -0.25) is 9.59 Å². The van der Waals surface area contributed by atoms with Crippen molar-refractivity contribution in [2.24, 2.45) is 5.92 Å². The largest absolute Gasteiger partial charge is 0.465 e. The number of amides is 1. The van der Waals surface area contributed by atoms with Crippen molar-refractivity contribution in [1.29, 1.82) is 0 Å². The molecular weight excluding hydrogens is 184 g/mol. The monoisotopic (exact) mass is 200 g/mol. The van der Waals surface area contributed by atoms with Crippen LogP contribution in [0, 0.1) is 5.92 Å². The number of carbonyl (C=O) groups is 2. The average molecular weight is 200 g/mol. The fraction of sp³-hybridized carbons (Fsp3) is 0.778. The predicted molar refractivity (Wildman–Crippen MR) is 50.6 cm³/mol. The minimum Gasteiger partial charge on any atom is -0.465 e. The highest BCUT2D eigenvalue weighted by atomic mass is 16.5. The lowest BCUT2D eigenvalue weighted by Gasteiger charge is -2.26. The molecule has 80 valence electrons.